The maximum Gasteiger partial charge on any atom is 0.241 e. The first-order valence-electron chi connectivity index (χ1n) is 4.78. The minimum Gasteiger partial charge on any atom is -0.348 e. The fourth-order valence-electron chi connectivity index (χ4n) is 1.01. The number of nitrogens with one attached hydrogen (secondary N) is 1. The van der Waals surface area contributed by atoms with Crippen molar-refractivity contribution in [3.05, 3.63) is 28.7 Å². The van der Waals surface area contributed by atoms with Gasteiger partial charge in [0.25, 0.3) is 0 Å². The number of hydrogen-bond acceptors (Lipinski definition) is 3. The van der Waals surface area contributed by atoms with Gasteiger partial charge in [-0.25, -0.2) is 13.1 Å². The van der Waals surface area contributed by atoms with Crippen LogP contribution in [-0.4, -0.2) is 39.9 Å². The zero-order chi connectivity index (χ0) is 13.1. The Kier molecular flexibility index (Phi) is 4.67. The number of nitrogens with zero attached hydrogens (tertiary/aromatic N) is 1. The zero-order valence-corrected chi connectivity index (χ0v) is 11.9. The van der Waals surface area contributed by atoms with Gasteiger partial charge in [-0.05, 0) is 24.3 Å². The molecule has 0 saturated heterocycles. The quantitative estimate of drug-likeness (QED) is 0.893. The van der Waals surface area contributed by atoms with Crippen LogP contribution in [0.3, 0.4) is 0 Å². The monoisotopic (exact) mass is 320 g/mol. The van der Waals surface area contributed by atoms with Gasteiger partial charge in [0.15, 0.2) is 0 Å². The van der Waals surface area contributed by atoms with E-state index in [1.807, 2.05) is 0 Å². The zero-order valence-electron chi connectivity index (χ0n) is 9.47. The molecule has 17 heavy (non-hydrogen) atoms. The molecule has 1 N–H and O–H groups in total. The van der Waals surface area contributed by atoms with Crippen molar-refractivity contribution in [2.24, 2.45) is 0 Å². The van der Waals surface area contributed by atoms with Crippen LogP contribution < -0.4 is 4.72 Å². The van der Waals surface area contributed by atoms with Gasteiger partial charge in [-0.15, -0.1) is 0 Å². The summed E-state index contributed by atoms with van der Waals surface area (Å²) in [4.78, 5) is 12.7. The van der Waals surface area contributed by atoms with E-state index in [1.165, 1.54) is 17.0 Å². The van der Waals surface area contributed by atoms with E-state index >= 15 is 0 Å². The normalized spacial score (nSPS) is 11.2. The highest BCUT2D eigenvalue weighted by Crippen LogP contribution is 2.14. The summed E-state index contributed by atoms with van der Waals surface area (Å²) < 4.78 is 26.6. The SMILES string of the molecule is CN(C)C(=O)CNS(=O)(=O)c1ccc(Br)cc1. The molecule has 0 spiro atoms. The maximum atomic E-state index is 11.8. The van der Waals surface area contributed by atoms with Crippen LogP contribution in [0.4, 0.5) is 0 Å². The molecule has 0 bridgehead atoms. The molecule has 0 atom stereocenters. The summed E-state index contributed by atoms with van der Waals surface area (Å²) in [7, 11) is -0.492. The van der Waals surface area contributed by atoms with Crippen LogP contribution in [0.15, 0.2) is 33.6 Å². The number of likely N-dealkylation sites (N-methyl/N-ethyl adjacent to an activating group) is 1. The second-order valence-corrected chi connectivity index (χ2v) is 6.25. The van der Waals surface area contributed by atoms with E-state index in [-0.39, 0.29) is 17.3 Å². The molecule has 0 aliphatic carbocycles. The molecule has 0 unspecified atom stereocenters. The topological polar surface area (TPSA) is 66.5 Å². The van der Waals surface area contributed by atoms with E-state index in [9.17, 15) is 13.2 Å². The highest BCUT2D eigenvalue weighted by Gasteiger charge is 2.15. The Bertz CT molecular complexity index is 497. The lowest BCUT2D eigenvalue weighted by Gasteiger charge is -2.11. The van der Waals surface area contributed by atoms with Crippen molar-refractivity contribution in [1.82, 2.24) is 9.62 Å². The average molecular weight is 321 g/mol. The number of sulfonamides is 1. The molecule has 1 aromatic carbocycles. The highest BCUT2D eigenvalue weighted by atomic mass is 79.9. The summed E-state index contributed by atoms with van der Waals surface area (Å²) in [6.07, 6.45) is 0. The first-order chi connectivity index (χ1) is 7.83. The van der Waals surface area contributed by atoms with Crippen molar-refractivity contribution < 1.29 is 13.2 Å². The smallest absolute Gasteiger partial charge is 0.241 e. The van der Waals surface area contributed by atoms with Crippen LogP contribution in [0.25, 0.3) is 0 Å². The molecule has 0 fully saturated rings. The third-order valence-corrected chi connectivity index (χ3v) is 3.98. The molecule has 94 valence electrons. The lowest BCUT2D eigenvalue weighted by atomic mass is 10.4. The van der Waals surface area contributed by atoms with Gasteiger partial charge < -0.3 is 4.90 Å². The standard InChI is InChI=1S/C10H13BrN2O3S/c1-13(2)10(14)7-12-17(15,16)9-5-3-8(11)4-6-9/h3-6,12H,7H2,1-2H3. The third-order valence-electron chi connectivity index (χ3n) is 2.04. The number of carbonyl (C=O) groups is 1. The summed E-state index contributed by atoms with van der Waals surface area (Å²) in [5.74, 6) is -0.300. The number of amides is 1. The lowest BCUT2D eigenvalue weighted by Crippen LogP contribution is -2.36. The Morgan fingerprint density at radius 1 is 1.29 bits per heavy atom. The molecule has 1 amide bonds. The van der Waals surface area contributed by atoms with Crippen molar-refractivity contribution in [2.75, 3.05) is 20.6 Å². The largest absolute Gasteiger partial charge is 0.348 e. The summed E-state index contributed by atoms with van der Waals surface area (Å²) in [6.45, 7) is -0.245. The fraction of sp³-hybridized carbons (Fsp3) is 0.300. The Labute approximate surface area is 109 Å². The fourth-order valence-corrected chi connectivity index (χ4v) is 2.25. The molecule has 5 nitrogen and oxygen atoms in total. The molecule has 0 aliphatic heterocycles. The Morgan fingerprint density at radius 2 is 1.82 bits per heavy atom. The van der Waals surface area contributed by atoms with Gasteiger partial charge in [0.1, 0.15) is 0 Å². The third kappa shape index (κ3) is 4.10. The molecule has 7 heteroatoms. The molecule has 0 radical (unpaired) electrons. The molecule has 1 aromatic rings. The van der Waals surface area contributed by atoms with Gasteiger partial charge in [0.2, 0.25) is 15.9 Å². The summed E-state index contributed by atoms with van der Waals surface area (Å²) in [6, 6.07) is 6.18. The molecule has 0 aliphatic rings. The number of carbonyl (C=O) groups excluding carboxylic acids is 1. The van der Waals surface area contributed by atoms with Gasteiger partial charge in [0, 0.05) is 18.6 Å². The molecular formula is C10H13BrN2O3S. The molecule has 1 rings (SSSR count). The van der Waals surface area contributed by atoms with Crippen LogP contribution >= 0.6 is 15.9 Å². The second kappa shape index (κ2) is 5.61. The predicted molar refractivity (Wildman–Crippen MR) is 68.0 cm³/mol. The minimum absolute atomic E-state index is 0.132. The van der Waals surface area contributed by atoms with Gasteiger partial charge in [-0.1, -0.05) is 15.9 Å². The van der Waals surface area contributed by atoms with Crippen LogP contribution in [0.5, 0.6) is 0 Å². The van der Waals surface area contributed by atoms with Gasteiger partial charge in [-0.2, -0.15) is 0 Å². The number of benzene rings is 1. The van der Waals surface area contributed by atoms with E-state index in [4.69, 9.17) is 0 Å². The van der Waals surface area contributed by atoms with E-state index in [1.54, 1.807) is 26.2 Å². The predicted octanol–water partition coefficient (Wildman–Crippen LogP) is 0.816. The molecular weight excluding hydrogens is 308 g/mol. The lowest BCUT2D eigenvalue weighted by molar-refractivity contribution is -0.127. The first-order valence-corrected chi connectivity index (χ1v) is 7.06. The van der Waals surface area contributed by atoms with Crippen LogP contribution in [0.2, 0.25) is 0 Å². The van der Waals surface area contributed by atoms with Crippen LogP contribution in [0.1, 0.15) is 0 Å². The summed E-state index contributed by atoms with van der Waals surface area (Å²) in [5, 5.41) is 0. The van der Waals surface area contributed by atoms with E-state index in [0.717, 1.165) is 4.47 Å². The number of halogens is 1. The molecule has 0 saturated carbocycles. The maximum absolute atomic E-state index is 11.8. The van der Waals surface area contributed by atoms with Crippen molar-refractivity contribution in [1.29, 1.82) is 0 Å². The van der Waals surface area contributed by atoms with Crippen molar-refractivity contribution in [3.8, 4) is 0 Å². The number of hydrogen-bond donors (Lipinski definition) is 1. The van der Waals surface area contributed by atoms with Crippen molar-refractivity contribution in [2.45, 2.75) is 4.90 Å². The van der Waals surface area contributed by atoms with Gasteiger partial charge in [-0.3, -0.25) is 4.79 Å². The van der Waals surface area contributed by atoms with Crippen LogP contribution in [0, 0.1) is 0 Å². The second-order valence-electron chi connectivity index (χ2n) is 3.57. The Hall–Kier alpha value is -0.920. The summed E-state index contributed by atoms with van der Waals surface area (Å²) >= 11 is 3.22. The van der Waals surface area contributed by atoms with Crippen molar-refractivity contribution in [3.63, 3.8) is 0 Å². The average Bonchev–Trinajstić information content (AvgIpc) is 2.26. The molecule has 0 aromatic heterocycles. The Morgan fingerprint density at radius 3 is 2.29 bits per heavy atom. The van der Waals surface area contributed by atoms with Crippen molar-refractivity contribution >= 4 is 31.9 Å². The highest BCUT2D eigenvalue weighted by molar-refractivity contribution is 9.10. The van der Waals surface area contributed by atoms with Gasteiger partial charge in [0.05, 0.1) is 11.4 Å². The Balaban J connectivity index is 2.76. The van der Waals surface area contributed by atoms with E-state index in [2.05, 4.69) is 20.7 Å². The van der Waals surface area contributed by atoms with E-state index in [0.29, 0.717) is 0 Å². The van der Waals surface area contributed by atoms with Gasteiger partial charge >= 0.3 is 0 Å². The minimum atomic E-state index is -3.62. The first kappa shape index (κ1) is 14.1. The number of rotatable bonds is 4. The molecule has 0 heterocycles. The van der Waals surface area contributed by atoms with E-state index < -0.39 is 10.0 Å². The summed E-state index contributed by atoms with van der Waals surface area (Å²) in [5.41, 5.74) is 0. The van der Waals surface area contributed by atoms with Crippen LogP contribution in [-0.2, 0) is 14.8 Å².